The van der Waals surface area contributed by atoms with Gasteiger partial charge >= 0.3 is 0 Å². The number of hydrogen-bond acceptors (Lipinski definition) is 4. The molecule has 0 fully saturated rings. The van der Waals surface area contributed by atoms with Gasteiger partial charge in [0.1, 0.15) is 6.07 Å². The lowest BCUT2D eigenvalue weighted by atomic mass is 10.0. The SMILES string of the molecule is N#Cc1ccc(-c2cncc(CCCCN[SH](=O)=O)c2)cc1Cl. The maximum atomic E-state index is 10.4. The molecule has 2 rings (SSSR count). The summed E-state index contributed by atoms with van der Waals surface area (Å²) in [6, 6.07) is 9.37. The van der Waals surface area contributed by atoms with Gasteiger partial charge in [-0.05, 0) is 48.6 Å². The molecule has 1 N–H and O–H groups in total. The zero-order valence-corrected chi connectivity index (χ0v) is 14.0. The van der Waals surface area contributed by atoms with Crippen molar-refractivity contribution in [3.63, 3.8) is 0 Å². The number of hydrogen-bond donors (Lipinski definition) is 2. The van der Waals surface area contributed by atoms with E-state index in [1.807, 2.05) is 18.2 Å². The van der Waals surface area contributed by atoms with E-state index in [0.717, 1.165) is 36.0 Å². The second-order valence-electron chi connectivity index (χ2n) is 5.01. The minimum atomic E-state index is -2.51. The monoisotopic (exact) mass is 349 g/mol. The van der Waals surface area contributed by atoms with Crippen molar-refractivity contribution in [2.24, 2.45) is 0 Å². The molecule has 1 heterocycles. The number of rotatable bonds is 7. The van der Waals surface area contributed by atoms with Gasteiger partial charge in [0.05, 0.1) is 10.6 Å². The molecule has 1 aromatic carbocycles. The van der Waals surface area contributed by atoms with E-state index >= 15 is 0 Å². The molecule has 1 aromatic heterocycles. The number of aryl methyl sites for hydroxylation is 1. The van der Waals surface area contributed by atoms with Gasteiger partial charge in [-0.3, -0.25) is 4.98 Å². The Labute approximate surface area is 142 Å². The van der Waals surface area contributed by atoms with Gasteiger partial charge in [-0.2, -0.15) is 5.26 Å². The topological polar surface area (TPSA) is 82.8 Å². The maximum absolute atomic E-state index is 10.4. The van der Waals surface area contributed by atoms with Crippen LogP contribution in [0.25, 0.3) is 11.1 Å². The van der Waals surface area contributed by atoms with Gasteiger partial charge in [0.2, 0.25) is 10.9 Å². The normalized spacial score (nSPS) is 10.7. The Morgan fingerprint density at radius 3 is 2.70 bits per heavy atom. The van der Waals surface area contributed by atoms with Crippen LogP contribution in [0.4, 0.5) is 0 Å². The van der Waals surface area contributed by atoms with E-state index in [4.69, 9.17) is 16.9 Å². The third-order valence-electron chi connectivity index (χ3n) is 3.35. The Morgan fingerprint density at radius 1 is 1.17 bits per heavy atom. The van der Waals surface area contributed by atoms with Crippen molar-refractivity contribution in [2.45, 2.75) is 19.3 Å². The van der Waals surface area contributed by atoms with Gasteiger partial charge in [0, 0.05) is 24.5 Å². The average molecular weight is 350 g/mol. The third kappa shape index (κ3) is 5.32. The third-order valence-corrected chi connectivity index (χ3v) is 4.15. The van der Waals surface area contributed by atoms with Crippen LogP contribution in [0, 0.1) is 11.3 Å². The van der Waals surface area contributed by atoms with Gasteiger partial charge in [-0.25, -0.2) is 13.1 Å². The van der Waals surface area contributed by atoms with Crippen molar-refractivity contribution in [3.05, 3.63) is 52.8 Å². The highest BCUT2D eigenvalue weighted by Gasteiger charge is 2.05. The van der Waals surface area contributed by atoms with Crippen molar-refractivity contribution in [1.29, 1.82) is 5.26 Å². The Morgan fingerprint density at radius 2 is 2.00 bits per heavy atom. The van der Waals surface area contributed by atoms with Crippen LogP contribution in [-0.4, -0.2) is 19.9 Å². The number of benzene rings is 1. The number of nitrogens with zero attached hydrogens (tertiary/aromatic N) is 2. The van der Waals surface area contributed by atoms with Gasteiger partial charge in [-0.1, -0.05) is 17.7 Å². The first-order chi connectivity index (χ1) is 11.1. The number of nitrogens with one attached hydrogen (secondary N) is 1. The smallest absolute Gasteiger partial charge is 0.201 e. The van der Waals surface area contributed by atoms with Crippen LogP contribution in [0.15, 0.2) is 36.7 Å². The lowest BCUT2D eigenvalue weighted by molar-refractivity contribution is 0.596. The van der Waals surface area contributed by atoms with Crippen molar-refractivity contribution in [2.75, 3.05) is 6.54 Å². The molecule has 0 saturated heterocycles. The molecule has 0 aliphatic rings. The molecule has 0 atom stereocenters. The minimum Gasteiger partial charge on any atom is -0.264 e. The molecule has 7 heteroatoms. The summed E-state index contributed by atoms with van der Waals surface area (Å²) in [5.74, 6) is 0. The molecule has 0 aliphatic carbocycles. The summed E-state index contributed by atoms with van der Waals surface area (Å²) >= 11 is 6.06. The predicted octanol–water partition coefficient (Wildman–Crippen LogP) is 2.71. The van der Waals surface area contributed by atoms with E-state index in [9.17, 15) is 8.42 Å². The molecular formula is C16H16ClN3O2S. The fourth-order valence-electron chi connectivity index (χ4n) is 2.19. The lowest BCUT2D eigenvalue weighted by Crippen LogP contribution is -2.12. The molecule has 0 bridgehead atoms. The van der Waals surface area contributed by atoms with Crippen molar-refractivity contribution in [3.8, 4) is 17.2 Å². The molecule has 0 amide bonds. The van der Waals surface area contributed by atoms with Crippen LogP contribution in [-0.2, 0) is 17.3 Å². The van der Waals surface area contributed by atoms with Gasteiger partial charge in [-0.15, -0.1) is 0 Å². The number of pyridine rings is 1. The molecule has 0 aliphatic heterocycles. The summed E-state index contributed by atoms with van der Waals surface area (Å²) in [6.07, 6.45) is 6.02. The first-order valence-electron chi connectivity index (χ1n) is 7.12. The van der Waals surface area contributed by atoms with Gasteiger partial charge < -0.3 is 0 Å². The van der Waals surface area contributed by atoms with E-state index in [1.54, 1.807) is 24.5 Å². The second-order valence-corrected chi connectivity index (χ2v) is 6.25. The maximum Gasteiger partial charge on any atom is 0.201 e. The summed E-state index contributed by atoms with van der Waals surface area (Å²) in [4.78, 5) is 4.24. The average Bonchev–Trinajstić information content (AvgIpc) is 2.54. The highest BCUT2D eigenvalue weighted by molar-refractivity contribution is 7.70. The van der Waals surface area contributed by atoms with E-state index in [0.29, 0.717) is 17.1 Å². The van der Waals surface area contributed by atoms with Gasteiger partial charge in [0.15, 0.2) is 0 Å². The molecule has 0 spiro atoms. The first-order valence-corrected chi connectivity index (χ1v) is 8.67. The Bertz CT molecular complexity index is 792. The van der Waals surface area contributed by atoms with Crippen molar-refractivity contribution in [1.82, 2.24) is 9.71 Å². The largest absolute Gasteiger partial charge is 0.264 e. The zero-order chi connectivity index (χ0) is 16.7. The number of aromatic nitrogens is 1. The predicted molar refractivity (Wildman–Crippen MR) is 90.7 cm³/mol. The highest BCUT2D eigenvalue weighted by Crippen LogP contribution is 2.25. The molecular weight excluding hydrogens is 334 g/mol. The van der Waals surface area contributed by atoms with Gasteiger partial charge in [0.25, 0.3) is 0 Å². The zero-order valence-electron chi connectivity index (χ0n) is 12.3. The van der Waals surface area contributed by atoms with E-state index in [1.165, 1.54) is 0 Å². The molecule has 0 saturated carbocycles. The fraction of sp³-hybridized carbons (Fsp3) is 0.250. The number of halogens is 1. The molecule has 5 nitrogen and oxygen atoms in total. The van der Waals surface area contributed by atoms with Crippen LogP contribution < -0.4 is 4.72 Å². The van der Waals surface area contributed by atoms with Crippen LogP contribution in [0.2, 0.25) is 5.02 Å². The summed E-state index contributed by atoms with van der Waals surface area (Å²) in [7, 11) is -2.51. The molecule has 23 heavy (non-hydrogen) atoms. The second kappa shape index (κ2) is 8.63. The van der Waals surface area contributed by atoms with Crippen molar-refractivity contribution >= 4 is 22.5 Å². The molecule has 0 unspecified atom stereocenters. The summed E-state index contributed by atoms with van der Waals surface area (Å²) in [6.45, 7) is 0.455. The molecule has 0 radical (unpaired) electrons. The first kappa shape index (κ1) is 17.4. The van der Waals surface area contributed by atoms with E-state index < -0.39 is 10.9 Å². The number of nitriles is 1. The number of unbranched alkanes of at least 4 members (excludes halogenated alkanes) is 1. The highest BCUT2D eigenvalue weighted by atomic mass is 35.5. The molecule has 120 valence electrons. The minimum absolute atomic E-state index is 0.424. The lowest BCUT2D eigenvalue weighted by Gasteiger charge is -2.06. The Kier molecular flexibility index (Phi) is 6.53. The van der Waals surface area contributed by atoms with Crippen LogP contribution in [0.1, 0.15) is 24.0 Å². The summed E-state index contributed by atoms with van der Waals surface area (Å²) in [5, 5.41) is 9.33. The number of thiol groups is 1. The van der Waals surface area contributed by atoms with E-state index in [2.05, 4.69) is 9.71 Å². The van der Waals surface area contributed by atoms with Crippen LogP contribution in [0.3, 0.4) is 0 Å². The van der Waals surface area contributed by atoms with E-state index in [-0.39, 0.29) is 0 Å². The molecule has 2 aromatic rings. The summed E-state index contributed by atoms with van der Waals surface area (Å²) < 4.78 is 23.2. The summed E-state index contributed by atoms with van der Waals surface area (Å²) in [5.41, 5.74) is 3.38. The van der Waals surface area contributed by atoms with Crippen molar-refractivity contribution < 1.29 is 8.42 Å². The van der Waals surface area contributed by atoms with Crippen LogP contribution in [0.5, 0.6) is 0 Å². The fourth-order valence-corrected chi connectivity index (χ4v) is 2.76. The quantitative estimate of drug-likeness (QED) is 0.594. The Balaban J connectivity index is 2.02. The van der Waals surface area contributed by atoms with Crippen LogP contribution >= 0.6 is 11.6 Å². The standard InChI is InChI=1S/C16H16ClN3O2S/c17-16-8-13(4-5-14(16)9-18)15-7-12(10-19-11-15)3-1-2-6-20-23(21)22/h4-5,7-8,10-11,23H,1-3,6H2,(H,20,21,22). The Hall–Kier alpha value is -1.94.